The maximum Gasteiger partial charge on any atom is 0.312 e. The van der Waals surface area contributed by atoms with Crippen molar-refractivity contribution in [3.63, 3.8) is 0 Å². The largest absolute Gasteiger partial charge is 0.352 e. The van der Waals surface area contributed by atoms with Crippen LogP contribution in [0, 0.1) is 5.92 Å². The number of nitrogens with zero attached hydrogens (tertiary/aromatic N) is 1. The first-order chi connectivity index (χ1) is 11.7. The van der Waals surface area contributed by atoms with Gasteiger partial charge in [0.1, 0.15) is 0 Å². The average molecular weight is 327 g/mol. The van der Waals surface area contributed by atoms with Crippen LogP contribution in [0.3, 0.4) is 0 Å². The number of nitrogens with one attached hydrogen (secondary N) is 2. The average Bonchev–Trinajstić information content (AvgIpc) is 2.56. The number of nitrogens with two attached hydrogens (primary N) is 2. The Morgan fingerprint density at radius 3 is 2.71 bits per heavy atom. The summed E-state index contributed by atoms with van der Waals surface area (Å²) in [6.45, 7) is 0.542. The molecule has 1 aromatic rings. The van der Waals surface area contributed by atoms with Crippen LogP contribution in [0.2, 0.25) is 0 Å². The van der Waals surface area contributed by atoms with Gasteiger partial charge in [-0.15, -0.1) is 0 Å². The maximum atomic E-state index is 11.2. The number of rotatable bonds is 3. The van der Waals surface area contributed by atoms with Gasteiger partial charge in [0.25, 0.3) is 0 Å². The molecule has 2 unspecified atom stereocenters. The molecule has 1 aliphatic carbocycles. The van der Waals surface area contributed by atoms with E-state index in [1.165, 1.54) is 5.57 Å². The van der Waals surface area contributed by atoms with Gasteiger partial charge in [0.2, 0.25) is 0 Å². The lowest BCUT2D eigenvalue weighted by molar-refractivity contribution is 0.243. The number of carbonyl (C=O) groups is 1. The van der Waals surface area contributed by atoms with Crippen molar-refractivity contribution in [2.24, 2.45) is 22.5 Å². The van der Waals surface area contributed by atoms with Crippen molar-refractivity contribution in [1.82, 2.24) is 10.7 Å². The zero-order valence-corrected chi connectivity index (χ0v) is 13.8. The lowest BCUT2D eigenvalue weighted by Crippen LogP contribution is -2.41. The number of benzene rings is 1. The van der Waals surface area contributed by atoms with Gasteiger partial charge in [-0.05, 0) is 36.0 Å². The van der Waals surface area contributed by atoms with E-state index in [2.05, 4.69) is 40.1 Å². The monoisotopic (exact) mass is 327 g/mol. The summed E-state index contributed by atoms with van der Waals surface area (Å²) < 4.78 is 0. The van der Waals surface area contributed by atoms with Gasteiger partial charge in [-0.25, -0.2) is 4.79 Å². The van der Waals surface area contributed by atoms with Gasteiger partial charge in [0, 0.05) is 24.7 Å². The molecular formula is C18H25N5O. The molecule has 6 N–H and O–H groups in total. The first-order valence-electron chi connectivity index (χ1n) is 8.54. The predicted molar refractivity (Wildman–Crippen MR) is 95.2 cm³/mol. The minimum atomic E-state index is -0.451. The van der Waals surface area contributed by atoms with Crippen LogP contribution in [0.1, 0.15) is 43.2 Å². The van der Waals surface area contributed by atoms with Crippen molar-refractivity contribution in [2.45, 2.75) is 44.7 Å². The smallest absolute Gasteiger partial charge is 0.312 e. The highest BCUT2D eigenvalue weighted by Gasteiger charge is 2.28. The van der Waals surface area contributed by atoms with E-state index in [1.807, 2.05) is 6.20 Å². The first kappa shape index (κ1) is 16.5. The van der Waals surface area contributed by atoms with E-state index < -0.39 is 6.03 Å². The fraction of sp³-hybridized carbons (Fsp3) is 0.444. The number of amides is 2. The van der Waals surface area contributed by atoms with Crippen LogP contribution in [0.25, 0.3) is 0 Å². The molecule has 0 bridgehead atoms. The molecule has 1 aliphatic heterocycles. The number of hydrogen-bond acceptors (Lipinski definition) is 4. The molecule has 2 amide bonds. The molecule has 3 rings (SSSR count). The van der Waals surface area contributed by atoms with Crippen LogP contribution >= 0.6 is 0 Å². The summed E-state index contributed by atoms with van der Waals surface area (Å²) >= 11 is 0. The van der Waals surface area contributed by atoms with Crippen LogP contribution in [0.5, 0.6) is 0 Å². The Kier molecular flexibility index (Phi) is 5.15. The lowest BCUT2D eigenvalue weighted by Gasteiger charge is -2.31. The number of carbonyl (C=O) groups excluding carboxylic acids is 1. The molecule has 1 heterocycles. The van der Waals surface area contributed by atoms with Crippen molar-refractivity contribution in [1.29, 1.82) is 0 Å². The molecule has 1 fully saturated rings. The summed E-state index contributed by atoms with van der Waals surface area (Å²) in [7, 11) is 0. The Morgan fingerprint density at radius 2 is 2.00 bits per heavy atom. The minimum absolute atomic E-state index is 0.0947. The van der Waals surface area contributed by atoms with Crippen LogP contribution in [0.15, 0.2) is 41.1 Å². The first-order valence-corrected chi connectivity index (χ1v) is 8.54. The zero-order valence-electron chi connectivity index (χ0n) is 13.8. The third kappa shape index (κ3) is 3.76. The number of hydrazone groups is 1. The van der Waals surface area contributed by atoms with Gasteiger partial charge in [-0.1, -0.05) is 37.1 Å². The SMILES string of the molecule is NCc1ccc(C2=NNC=C3CC(NC(N)=O)CCCCC32)cc1. The van der Waals surface area contributed by atoms with Gasteiger partial charge in [-0.2, -0.15) is 5.10 Å². The van der Waals surface area contributed by atoms with Gasteiger partial charge in [0.05, 0.1) is 5.71 Å². The molecule has 0 spiro atoms. The van der Waals surface area contributed by atoms with E-state index in [-0.39, 0.29) is 12.0 Å². The zero-order chi connectivity index (χ0) is 16.9. The summed E-state index contributed by atoms with van der Waals surface area (Å²) in [5, 5.41) is 7.41. The van der Waals surface area contributed by atoms with Gasteiger partial charge in [-0.3, -0.25) is 5.43 Å². The Morgan fingerprint density at radius 1 is 1.25 bits per heavy atom. The quantitative estimate of drug-likeness (QED) is 0.682. The van der Waals surface area contributed by atoms with E-state index in [4.69, 9.17) is 11.5 Å². The maximum absolute atomic E-state index is 11.2. The molecule has 0 saturated heterocycles. The summed E-state index contributed by atoms with van der Waals surface area (Å²) in [4.78, 5) is 11.2. The van der Waals surface area contributed by atoms with Crippen LogP contribution in [-0.2, 0) is 6.54 Å². The van der Waals surface area contributed by atoms with Gasteiger partial charge >= 0.3 is 6.03 Å². The van der Waals surface area contributed by atoms with Crippen LogP contribution in [-0.4, -0.2) is 17.8 Å². The van der Waals surface area contributed by atoms with E-state index in [9.17, 15) is 4.79 Å². The van der Waals surface area contributed by atoms with Gasteiger partial charge < -0.3 is 16.8 Å². The topological polar surface area (TPSA) is 106 Å². The standard InChI is InChI=1S/C18H25N5O/c19-10-12-5-7-13(8-6-12)17-16-4-2-1-3-15(22-18(20)24)9-14(16)11-21-23-17/h5-8,11,15-16,21H,1-4,9-10,19H2,(H3,20,22,24). The number of hydrogen-bond donors (Lipinski definition) is 4. The third-order valence-electron chi connectivity index (χ3n) is 4.82. The fourth-order valence-corrected chi connectivity index (χ4v) is 3.59. The molecule has 1 saturated carbocycles. The molecule has 0 radical (unpaired) electrons. The van der Waals surface area contributed by atoms with Crippen molar-refractivity contribution >= 4 is 11.7 Å². The summed E-state index contributed by atoms with van der Waals surface area (Å²) in [5.41, 5.74) is 18.6. The Labute approximate surface area is 142 Å². The summed E-state index contributed by atoms with van der Waals surface area (Å²) in [5.74, 6) is 0.285. The highest BCUT2D eigenvalue weighted by atomic mass is 16.2. The summed E-state index contributed by atoms with van der Waals surface area (Å²) in [6, 6.07) is 7.92. The lowest BCUT2D eigenvalue weighted by atomic mass is 9.79. The Balaban J connectivity index is 1.80. The Hall–Kier alpha value is -2.34. The van der Waals surface area contributed by atoms with Crippen molar-refractivity contribution in [3.8, 4) is 0 Å². The molecule has 24 heavy (non-hydrogen) atoms. The molecule has 128 valence electrons. The highest BCUT2D eigenvalue weighted by molar-refractivity contribution is 6.04. The van der Waals surface area contributed by atoms with Crippen LogP contribution < -0.4 is 22.2 Å². The highest BCUT2D eigenvalue weighted by Crippen LogP contribution is 2.32. The van der Waals surface area contributed by atoms with Crippen molar-refractivity contribution in [3.05, 3.63) is 47.2 Å². The van der Waals surface area contributed by atoms with E-state index in [0.717, 1.165) is 48.9 Å². The Bertz CT molecular complexity index is 650. The van der Waals surface area contributed by atoms with E-state index in [1.54, 1.807) is 0 Å². The second-order valence-electron chi connectivity index (χ2n) is 6.49. The van der Waals surface area contributed by atoms with Gasteiger partial charge in [0.15, 0.2) is 0 Å². The summed E-state index contributed by atoms with van der Waals surface area (Å²) in [6.07, 6.45) is 7.02. The normalized spacial score (nSPS) is 23.7. The second-order valence-corrected chi connectivity index (χ2v) is 6.49. The fourth-order valence-electron chi connectivity index (χ4n) is 3.59. The molecule has 2 aliphatic rings. The number of fused-ring (bicyclic) bond motifs is 1. The van der Waals surface area contributed by atoms with E-state index >= 15 is 0 Å². The van der Waals surface area contributed by atoms with E-state index in [0.29, 0.717) is 6.54 Å². The molecule has 6 nitrogen and oxygen atoms in total. The minimum Gasteiger partial charge on any atom is -0.352 e. The van der Waals surface area contributed by atoms with Crippen molar-refractivity contribution < 1.29 is 4.79 Å². The molecule has 0 aromatic heterocycles. The molecule has 2 atom stereocenters. The molecule has 6 heteroatoms. The number of primary amides is 1. The van der Waals surface area contributed by atoms with Crippen molar-refractivity contribution in [2.75, 3.05) is 0 Å². The molecular weight excluding hydrogens is 302 g/mol. The second kappa shape index (κ2) is 7.49. The predicted octanol–water partition coefficient (Wildman–Crippen LogP) is 1.95. The molecule has 1 aromatic carbocycles. The number of urea groups is 1. The third-order valence-corrected chi connectivity index (χ3v) is 4.82. The van der Waals surface area contributed by atoms with Crippen LogP contribution in [0.4, 0.5) is 4.79 Å².